The summed E-state index contributed by atoms with van der Waals surface area (Å²) in [6, 6.07) is 27.8. The van der Waals surface area contributed by atoms with Crippen molar-refractivity contribution in [3.63, 3.8) is 0 Å². The lowest BCUT2D eigenvalue weighted by atomic mass is 10.1. The van der Waals surface area contributed by atoms with Crippen molar-refractivity contribution >= 4 is 0 Å². The molecule has 4 nitrogen and oxygen atoms in total. The summed E-state index contributed by atoms with van der Waals surface area (Å²) in [5.41, 5.74) is 5.69. The zero-order valence-electron chi connectivity index (χ0n) is 15.5. The standard InChI is InChI=1S/C24H22N2O2/c27-15-7-12-20-16-21(13-14-24(20)28)26-23(19-10-5-2-6-11-19)17-22(25-26)18-8-3-1-4-9-18/h1-6,8-11,13-14,16-17,27-28H,7,12,15H2. The summed E-state index contributed by atoms with van der Waals surface area (Å²) in [6.45, 7) is 0.0961. The maximum atomic E-state index is 10.2. The number of aliphatic hydroxyl groups is 1. The number of benzene rings is 3. The maximum absolute atomic E-state index is 10.2. The highest BCUT2D eigenvalue weighted by Crippen LogP contribution is 2.30. The average Bonchev–Trinajstić information content (AvgIpc) is 3.20. The van der Waals surface area contributed by atoms with Gasteiger partial charge < -0.3 is 10.2 Å². The normalized spacial score (nSPS) is 10.9. The third-order valence-electron chi connectivity index (χ3n) is 4.76. The molecule has 28 heavy (non-hydrogen) atoms. The first-order valence-corrected chi connectivity index (χ1v) is 9.40. The van der Waals surface area contributed by atoms with Crippen molar-refractivity contribution in [2.24, 2.45) is 0 Å². The van der Waals surface area contributed by atoms with Gasteiger partial charge in [-0.05, 0) is 42.7 Å². The molecule has 0 spiro atoms. The highest BCUT2D eigenvalue weighted by atomic mass is 16.3. The number of hydrogen-bond acceptors (Lipinski definition) is 3. The van der Waals surface area contributed by atoms with E-state index in [-0.39, 0.29) is 12.4 Å². The van der Waals surface area contributed by atoms with E-state index < -0.39 is 0 Å². The van der Waals surface area contributed by atoms with Crippen LogP contribution in [0.15, 0.2) is 84.9 Å². The number of phenols is 1. The number of hydrogen-bond donors (Lipinski definition) is 2. The quantitative estimate of drug-likeness (QED) is 0.511. The molecule has 0 aliphatic rings. The minimum Gasteiger partial charge on any atom is -0.508 e. The first-order valence-electron chi connectivity index (χ1n) is 9.40. The van der Waals surface area contributed by atoms with E-state index in [1.165, 1.54) is 0 Å². The van der Waals surface area contributed by atoms with Gasteiger partial charge in [0, 0.05) is 17.7 Å². The molecular formula is C24H22N2O2. The molecule has 1 aromatic heterocycles. The summed E-state index contributed by atoms with van der Waals surface area (Å²) in [5.74, 6) is 0.244. The van der Waals surface area contributed by atoms with E-state index in [4.69, 9.17) is 10.2 Å². The van der Waals surface area contributed by atoms with E-state index >= 15 is 0 Å². The second-order valence-corrected chi connectivity index (χ2v) is 6.70. The van der Waals surface area contributed by atoms with Gasteiger partial charge in [0.2, 0.25) is 0 Å². The van der Waals surface area contributed by atoms with Crippen molar-refractivity contribution in [1.82, 2.24) is 9.78 Å². The Balaban J connectivity index is 1.85. The Morgan fingerprint density at radius 2 is 1.46 bits per heavy atom. The first kappa shape index (κ1) is 18.0. The first-order chi connectivity index (χ1) is 13.8. The number of aryl methyl sites for hydroxylation is 1. The molecule has 0 bridgehead atoms. The Morgan fingerprint density at radius 1 is 0.786 bits per heavy atom. The van der Waals surface area contributed by atoms with Crippen LogP contribution in [0.3, 0.4) is 0 Å². The van der Waals surface area contributed by atoms with E-state index in [1.807, 2.05) is 65.3 Å². The zero-order valence-corrected chi connectivity index (χ0v) is 15.5. The topological polar surface area (TPSA) is 58.3 Å². The van der Waals surface area contributed by atoms with Gasteiger partial charge >= 0.3 is 0 Å². The molecule has 0 amide bonds. The van der Waals surface area contributed by atoms with Crippen molar-refractivity contribution in [3.8, 4) is 34.0 Å². The largest absolute Gasteiger partial charge is 0.508 e. The summed E-state index contributed by atoms with van der Waals surface area (Å²) in [4.78, 5) is 0. The van der Waals surface area contributed by atoms with Gasteiger partial charge in [-0.1, -0.05) is 60.7 Å². The summed E-state index contributed by atoms with van der Waals surface area (Å²) >= 11 is 0. The number of phenolic OH excluding ortho intramolecular Hbond substituents is 1. The van der Waals surface area contributed by atoms with Gasteiger partial charge in [0.1, 0.15) is 5.75 Å². The number of rotatable bonds is 6. The van der Waals surface area contributed by atoms with Crippen LogP contribution in [0.4, 0.5) is 0 Å². The molecule has 4 heteroatoms. The van der Waals surface area contributed by atoms with Crippen LogP contribution < -0.4 is 0 Å². The van der Waals surface area contributed by atoms with E-state index in [2.05, 4.69) is 18.2 Å². The van der Waals surface area contributed by atoms with E-state index in [0.717, 1.165) is 33.8 Å². The Kier molecular flexibility index (Phi) is 5.22. The van der Waals surface area contributed by atoms with Gasteiger partial charge in [-0.25, -0.2) is 4.68 Å². The summed E-state index contributed by atoms with van der Waals surface area (Å²) in [6.07, 6.45) is 1.22. The summed E-state index contributed by atoms with van der Waals surface area (Å²) in [7, 11) is 0. The molecule has 4 rings (SSSR count). The molecule has 0 saturated heterocycles. The van der Waals surface area contributed by atoms with Crippen LogP contribution in [0.25, 0.3) is 28.2 Å². The van der Waals surface area contributed by atoms with Gasteiger partial charge in [0.25, 0.3) is 0 Å². The lowest BCUT2D eigenvalue weighted by Gasteiger charge is -2.11. The van der Waals surface area contributed by atoms with Crippen molar-refractivity contribution in [2.45, 2.75) is 12.8 Å². The predicted octanol–water partition coefficient (Wildman–Crippen LogP) is 4.84. The van der Waals surface area contributed by atoms with Crippen LogP contribution in [0.5, 0.6) is 5.75 Å². The molecule has 1 heterocycles. The fourth-order valence-electron chi connectivity index (χ4n) is 3.32. The molecule has 0 radical (unpaired) electrons. The molecule has 0 saturated carbocycles. The summed E-state index contributed by atoms with van der Waals surface area (Å²) < 4.78 is 1.92. The van der Waals surface area contributed by atoms with Crippen molar-refractivity contribution in [3.05, 3.63) is 90.5 Å². The molecule has 0 fully saturated rings. The van der Waals surface area contributed by atoms with Gasteiger partial charge in [-0.15, -0.1) is 0 Å². The molecule has 0 aliphatic carbocycles. The lowest BCUT2D eigenvalue weighted by Crippen LogP contribution is -2.01. The maximum Gasteiger partial charge on any atom is 0.118 e. The second kappa shape index (κ2) is 8.11. The van der Waals surface area contributed by atoms with Gasteiger partial charge in [-0.2, -0.15) is 5.10 Å². The fraction of sp³-hybridized carbons (Fsp3) is 0.125. The van der Waals surface area contributed by atoms with E-state index in [1.54, 1.807) is 6.07 Å². The average molecular weight is 370 g/mol. The molecule has 0 atom stereocenters. The molecule has 0 aliphatic heterocycles. The van der Waals surface area contributed by atoms with E-state index in [0.29, 0.717) is 12.8 Å². The van der Waals surface area contributed by atoms with E-state index in [9.17, 15) is 5.11 Å². The van der Waals surface area contributed by atoms with Crippen molar-refractivity contribution < 1.29 is 10.2 Å². The van der Waals surface area contributed by atoms with Crippen LogP contribution in [-0.2, 0) is 6.42 Å². The Labute approximate surface area is 164 Å². The van der Waals surface area contributed by atoms with Crippen molar-refractivity contribution in [2.75, 3.05) is 6.61 Å². The minimum atomic E-state index is 0.0961. The predicted molar refractivity (Wildman–Crippen MR) is 112 cm³/mol. The van der Waals surface area contributed by atoms with Crippen molar-refractivity contribution in [1.29, 1.82) is 0 Å². The van der Waals surface area contributed by atoms with Gasteiger partial charge in [-0.3, -0.25) is 0 Å². The highest BCUT2D eigenvalue weighted by Gasteiger charge is 2.14. The monoisotopic (exact) mass is 370 g/mol. The van der Waals surface area contributed by atoms with Gasteiger partial charge in [0.15, 0.2) is 0 Å². The molecule has 0 unspecified atom stereocenters. The number of aliphatic hydroxyl groups excluding tert-OH is 1. The molecule has 2 N–H and O–H groups in total. The molecule has 140 valence electrons. The van der Waals surface area contributed by atoms with Crippen LogP contribution >= 0.6 is 0 Å². The summed E-state index contributed by atoms with van der Waals surface area (Å²) in [5, 5.41) is 24.2. The third kappa shape index (κ3) is 3.68. The Hall–Kier alpha value is -3.37. The van der Waals surface area contributed by atoms with Crippen LogP contribution in [0.2, 0.25) is 0 Å². The lowest BCUT2D eigenvalue weighted by molar-refractivity contribution is 0.288. The SMILES string of the molecule is OCCCc1cc(-n2nc(-c3ccccc3)cc2-c2ccccc2)ccc1O. The Morgan fingerprint density at radius 3 is 2.14 bits per heavy atom. The highest BCUT2D eigenvalue weighted by molar-refractivity contribution is 5.70. The second-order valence-electron chi connectivity index (χ2n) is 6.70. The Bertz CT molecular complexity index is 1060. The van der Waals surface area contributed by atoms with Gasteiger partial charge in [0.05, 0.1) is 17.1 Å². The van der Waals surface area contributed by atoms with Crippen LogP contribution in [-0.4, -0.2) is 26.6 Å². The third-order valence-corrected chi connectivity index (χ3v) is 4.76. The number of aromatic nitrogens is 2. The van der Waals surface area contributed by atoms with Crippen LogP contribution in [0, 0.1) is 0 Å². The number of nitrogens with zero attached hydrogens (tertiary/aromatic N) is 2. The van der Waals surface area contributed by atoms with Crippen LogP contribution in [0.1, 0.15) is 12.0 Å². The molecule has 4 aromatic rings. The minimum absolute atomic E-state index is 0.0961. The smallest absolute Gasteiger partial charge is 0.118 e. The molecule has 3 aromatic carbocycles. The fourth-order valence-corrected chi connectivity index (χ4v) is 3.32. The molecular weight excluding hydrogens is 348 g/mol. The number of aromatic hydroxyl groups is 1. The zero-order chi connectivity index (χ0) is 19.3.